The number of carbonyl (C=O) groups is 1. The van der Waals surface area contributed by atoms with Crippen molar-refractivity contribution in [1.82, 2.24) is 15.2 Å². The number of nitriles is 1. The number of amides is 1. The average molecular weight is 340 g/mol. The molecular formula is C16H10ClN5O2. The molecule has 0 radical (unpaired) electrons. The van der Waals surface area contributed by atoms with Crippen LogP contribution < -0.4 is 5.32 Å². The van der Waals surface area contributed by atoms with E-state index in [1.165, 1.54) is 12.4 Å². The summed E-state index contributed by atoms with van der Waals surface area (Å²) in [5, 5.41) is 18.3. The predicted molar refractivity (Wildman–Crippen MR) is 87.8 cm³/mol. The first-order chi connectivity index (χ1) is 11.7. The number of nitrogens with one attached hydrogen (secondary N) is 2. The zero-order chi connectivity index (χ0) is 16.9. The van der Waals surface area contributed by atoms with Crippen molar-refractivity contribution >= 4 is 29.5 Å². The molecule has 2 N–H and O–H groups in total. The third-order valence-corrected chi connectivity index (χ3v) is 3.27. The van der Waals surface area contributed by atoms with Crippen LogP contribution in [0.2, 0.25) is 5.02 Å². The van der Waals surface area contributed by atoms with E-state index in [0.29, 0.717) is 16.5 Å². The Kier molecular flexibility index (Phi) is 4.40. The third-order valence-electron chi connectivity index (χ3n) is 3.03. The largest absolute Gasteiger partial charge is 0.457 e. The number of furan rings is 1. The number of anilines is 1. The summed E-state index contributed by atoms with van der Waals surface area (Å²) in [6.45, 7) is 0. The third kappa shape index (κ3) is 3.51. The van der Waals surface area contributed by atoms with Gasteiger partial charge in [0.05, 0.1) is 0 Å². The van der Waals surface area contributed by atoms with Crippen LogP contribution in [-0.4, -0.2) is 21.1 Å². The summed E-state index contributed by atoms with van der Waals surface area (Å²) in [7, 11) is 0. The quantitative estimate of drug-likeness (QED) is 0.560. The number of halogens is 1. The van der Waals surface area contributed by atoms with Crippen LogP contribution in [0.4, 0.5) is 5.95 Å². The maximum Gasteiger partial charge on any atom is 0.268 e. The van der Waals surface area contributed by atoms with Crippen molar-refractivity contribution in [3.8, 4) is 17.4 Å². The highest BCUT2D eigenvalue weighted by Gasteiger charge is 2.12. The Hall–Kier alpha value is -3.37. The molecule has 1 aromatic carbocycles. The van der Waals surface area contributed by atoms with Crippen LogP contribution in [0.3, 0.4) is 0 Å². The number of H-pyrrole nitrogens is 1. The highest BCUT2D eigenvalue weighted by Crippen LogP contribution is 2.25. The van der Waals surface area contributed by atoms with Gasteiger partial charge in [-0.25, -0.2) is 5.10 Å². The van der Waals surface area contributed by atoms with E-state index in [1.807, 2.05) is 12.1 Å². The molecular weight excluding hydrogens is 330 g/mol. The number of aromatic nitrogens is 3. The van der Waals surface area contributed by atoms with Gasteiger partial charge in [0.25, 0.3) is 5.91 Å². The minimum absolute atomic E-state index is 0.126. The standard InChI is InChI=1S/C16H10ClN5O2/c17-12-3-1-2-10(6-12)14-5-4-13(24-14)7-11(8-18)15(23)21-16-19-9-20-22-16/h1-7,9H,(H2,19,20,21,22,23)/b11-7+. The Morgan fingerprint density at radius 2 is 2.25 bits per heavy atom. The lowest BCUT2D eigenvalue weighted by Crippen LogP contribution is -2.14. The van der Waals surface area contributed by atoms with Gasteiger partial charge in [-0.05, 0) is 24.3 Å². The summed E-state index contributed by atoms with van der Waals surface area (Å²) in [5.74, 6) is 0.487. The number of benzene rings is 1. The van der Waals surface area contributed by atoms with Gasteiger partial charge >= 0.3 is 0 Å². The fourth-order valence-electron chi connectivity index (χ4n) is 1.96. The fourth-order valence-corrected chi connectivity index (χ4v) is 2.15. The number of aromatic amines is 1. The Morgan fingerprint density at radius 1 is 1.38 bits per heavy atom. The molecule has 2 heterocycles. The van der Waals surface area contributed by atoms with Crippen LogP contribution in [-0.2, 0) is 4.79 Å². The van der Waals surface area contributed by atoms with Gasteiger partial charge in [0, 0.05) is 16.7 Å². The highest BCUT2D eigenvalue weighted by molar-refractivity contribution is 6.30. The summed E-state index contributed by atoms with van der Waals surface area (Å²) in [6.07, 6.45) is 2.59. The number of carbonyl (C=O) groups excluding carboxylic acids is 1. The molecule has 0 saturated heterocycles. The van der Waals surface area contributed by atoms with Crippen LogP contribution >= 0.6 is 11.6 Å². The summed E-state index contributed by atoms with van der Waals surface area (Å²) in [4.78, 5) is 15.8. The molecule has 8 heteroatoms. The molecule has 24 heavy (non-hydrogen) atoms. The Bertz CT molecular complexity index is 938. The van der Waals surface area contributed by atoms with Crippen LogP contribution in [0.25, 0.3) is 17.4 Å². The average Bonchev–Trinajstić information content (AvgIpc) is 3.24. The van der Waals surface area contributed by atoms with Crippen molar-refractivity contribution in [2.24, 2.45) is 0 Å². The van der Waals surface area contributed by atoms with Crippen LogP contribution in [0.5, 0.6) is 0 Å². The van der Waals surface area contributed by atoms with Crippen molar-refractivity contribution < 1.29 is 9.21 Å². The lowest BCUT2D eigenvalue weighted by molar-refractivity contribution is -0.112. The van der Waals surface area contributed by atoms with E-state index in [-0.39, 0.29) is 11.5 Å². The molecule has 2 aromatic heterocycles. The van der Waals surface area contributed by atoms with Gasteiger partial charge in [0.1, 0.15) is 29.5 Å². The van der Waals surface area contributed by atoms with Gasteiger partial charge in [-0.3, -0.25) is 10.1 Å². The highest BCUT2D eigenvalue weighted by atomic mass is 35.5. The van der Waals surface area contributed by atoms with E-state index < -0.39 is 5.91 Å². The van der Waals surface area contributed by atoms with E-state index in [4.69, 9.17) is 21.3 Å². The molecule has 7 nitrogen and oxygen atoms in total. The van der Waals surface area contributed by atoms with Gasteiger partial charge in [0.15, 0.2) is 0 Å². The van der Waals surface area contributed by atoms with Crippen molar-refractivity contribution in [1.29, 1.82) is 5.26 Å². The maximum atomic E-state index is 12.0. The van der Waals surface area contributed by atoms with Crippen LogP contribution in [0, 0.1) is 11.3 Å². The second-order valence-electron chi connectivity index (χ2n) is 4.67. The second-order valence-corrected chi connectivity index (χ2v) is 5.11. The SMILES string of the molecule is N#C/C(=C\c1ccc(-c2cccc(Cl)c2)o1)C(=O)Nc1ncn[nH]1. The number of hydrogen-bond acceptors (Lipinski definition) is 5. The lowest BCUT2D eigenvalue weighted by atomic mass is 10.2. The molecule has 0 aliphatic rings. The Labute approximate surface area is 141 Å². The predicted octanol–water partition coefficient (Wildman–Crippen LogP) is 3.26. The second kappa shape index (κ2) is 6.81. The molecule has 0 spiro atoms. The molecule has 3 rings (SSSR count). The molecule has 0 aliphatic carbocycles. The number of rotatable bonds is 4. The van der Waals surface area contributed by atoms with E-state index in [2.05, 4.69) is 20.5 Å². The van der Waals surface area contributed by atoms with Crippen LogP contribution in [0.1, 0.15) is 5.76 Å². The topological polar surface area (TPSA) is 108 Å². The van der Waals surface area contributed by atoms with Crippen molar-refractivity contribution in [2.75, 3.05) is 5.32 Å². The molecule has 0 atom stereocenters. The van der Waals surface area contributed by atoms with E-state index in [0.717, 1.165) is 5.56 Å². The Balaban J connectivity index is 1.82. The summed E-state index contributed by atoms with van der Waals surface area (Å²) in [5.41, 5.74) is 0.671. The van der Waals surface area contributed by atoms with E-state index in [9.17, 15) is 4.79 Å². The van der Waals surface area contributed by atoms with Gasteiger partial charge in [0.2, 0.25) is 5.95 Å². The van der Waals surface area contributed by atoms with Crippen molar-refractivity contribution in [3.05, 3.63) is 59.1 Å². The number of hydrogen-bond donors (Lipinski definition) is 2. The minimum atomic E-state index is -0.616. The van der Waals surface area contributed by atoms with E-state index in [1.54, 1.807) is 30.3 Å². The zero-order valence-corrected chi connectivity index (χ0v) is 12.9. The monoisotopic (exact) mass is 339 g/mol. The molecule has 0 unspecified atom stereocenters. The van der Waals surface area contributed by atoms with Gasteiger partial charge < -0.3 is 4.42 Å². The first-order valence-corrected chi connectivity index (χ1v) is 7.18. The fraction of sp³-hybridized carbons (Fsp3) is 0. The van der Waals surface area contributed by atoms with E-state index >= 15 is 0 Å². The zero-order valence-electron chi connectivity index (χ0n) is 12.2. The molecule has 0 bridgehead atoms. The number of nitrogens with zero attached hydrogens (tertiary/aromatic N) is 3. The van der Waals surface area contributed by atoms with Crippen molar-refractivity contribution in [3.63, 3.8) is 0 Å². The van der Waals surface area contributed by atoms with Gasteiger partial charge in [-0.2, -0.15) is 15.3 Å². The molecule has 3 aromatic rings. The minimum Gasteiger partial charge on any atom is -0.457 e. The summed E-state index contributed by atoms with van der Waals surface area (Å²) in [6, 6.07) is 12.4. The van der Waals surface area contributed by atoms with Crippen LogP contribution in [0.15, 0.2) is 52.7 Å². The molecule has 118 valence electrons. The molecule has 1 amide bonds. The smallest absolute Gasteiger partial charge is 0.268 e. The first kappa shape index (κ1) is 15.5. The first-order valence-electron chi connectivity index (χ1n) is 6.80. The molecule has 0 fully saturated rings. The summed E-state index contributed by atoms with van der Waals surface area (Å²) < 4.78 is 5.64. The normalized spacial score (nSPS) is 11.1. The van der Waals surface area contributed by atoms with Crippen molar-refractivity contribution in [2.45, 2.75) is 0 Å². The molecule has 0 saturated carbocycles. The molecule has 0 aliphatic heterocycles. The maximum absolute atomic E-state index is 12.0. The Morgan fingerprint density at radius 3 is 2.96 bits per heavy atom. The summed E-state index contributed by atoms with van der Waals surface area (Å²) >= 11 is 5.95. The van der Waals surface area contributed by atoms with Gasteiger partial charge in [-0.15, -0.1) is 0 Å². The lowest BCUT2D eigenvalue weighted by Gasteiger charge is -1.99. The van der Waals surface area contributed by atoms with Gasteiger partial charge in [-0.1, -0.05) is 23.7 Å².